The summed E-state index contributed by atoms with van der Waals surface area (Å²) in [6.45, 7) is -0.123. The van der Waals surface area contributed by atoms with Gasteiger partial charge in [0.25, 0.3) is 11.8 Å². The van der Waals surface area contributed by atoms with E-state index in [2.05, 4.69) is 5.10 Å². The van der Waals surface area contributed by atoms with E-state index in [-0.39, 0.29) is 58.4 Å². The molecular weight excluding hydrogens is 453 g/mol. The first-order valence-electron chi connectivity index (χ1n) is 10.3. The molecule has 0 aromatic heterocycles. The zero-order chi connectivity index (χ0) is 23.3. The number of ether oxygens (including phenoxy) is 1. The molecule has 1 heterocycles. The Morgan fingerprint density at radius 3 is 2.52 bits per heavy atom. The van der Waals surface area contributed by atoms with Gasteiger partial charge in [-0.3, -0.25) is 19.7 Å². The molecule has 0 spiro atoms. The molecule has 2 aromatic carbocycles. The third-order valence-corrected chi connectivity index (χ3v) is 6.57. The molecule has 8 nitrogen and oxygen atoms in total. The van der Waals surface area contributed by atoms with E-state index >= 15 is 0 Å². The van der Waals surface area contributed by atoms with Crippen LogP contribution in [-0.2, 0) is 16.2 Å². The number of rotatable bonds is 6. The van der Waals surface area contributed by atoms with Gasteiger partial charge in [0.15, 0.2) is 0 Å². The second-order valence-electron chi connectivity index (χ2n) is 8.26. The van der Waals surface area contributed by atoms with Crippen molar-refractivity contribution >= 4 is 35.3 Å². The van der Waals surface area contributed by atoms with Crippen LogP contribution < -0.4 is 4.74 Å². The van der Waals surface area contributed by atoms with E-state index in [9.17, 15) is 24.1 Å². The Balaban J connectivity index is 1.37. The number of amides is 2. The fourth-order valence-electron chi connectivity index (χ4n) is 4.86. The van der Waals surface area contributed by atoms with E-state index in [1.165, 1.54) is 36.5 Å². The van der Waals surface area contributed by atoms with Crippen molar-refractivity contribution in [3.05, 3.63) is 80.6 Å². The fourth-order valence-corrected chi connectivity index (χ4v) is 5.14. The molecule has 2 fully saturated rings. The summed E-state index contributed by atoms with van der Waals surface area (Å²) in [6, 6.07) is 8.22. The van der Waals surface area contributed by atoms with Crippen LogP contribution in [0, 0.1) is 39.6 Å². The molecule has 0 N–H and O–H groups in total. The number of halogens is 2. The van der Waals surface area contributed by atoms with Gasteiger partial charge in [-0.05, 0) is 42.0 Å². The number of nitro groups is 1. The lowest BCUT2D eigenvalue weighted by Gasteiger charge is -2.13. The second kappa shape index (κ2) is 8.08. The van der Waals surface area contributed by atoms with Crippen LogP contribution in [-0.4, -0.2) is 28.0 Å². The van der Waals surface area contributed by atoms with Gasteiger partial charge in [0.05, 0.1) is 28.0 Å². The number of imide groups is 1. The summed E-state index contributed by atoms with van der Waals surface area (Å²) in [5.74, 6) is -2.00. The molecule has 4 atom stereocenters. The predicted molar refractivity (Wildman–Crippen MR) is 116 cm³/mol. The van der Waals surface area contributed by atoms with E-state index < -0.39 is 16.4 Å². The molecule has 2 amide bonds. The SMILES string of the molecule is O=C1C2C3C=CC(C3)C2C(=O)N1N=Cc1cc(Cl)c(OCc2cccc(F)c2)c([N+](=O)[O-])c1. The lowest BCUT2D eigenvalue weighted by atomic mass is 9.85. The van der Waals surface area contributed by atoms with Crippen LogP contribution in [0.4, 0.5) is 10.1 Å². The topological polar surface area (TPSA) is 102 Å². The standard InChI is InChI=1S/C23H17ClFN3O5/c24-17-7-13(8-18(28(31)32)21(17)33-11-12-2-1-3-16(25)6-12)10-26-27-22(29)19-14-4-5-15(9-14)20(19)23(27)30/h1-8,10,14-15,19-20H,9,11H2. The van der Waals surface area contributed by atoms with Gasteiger partial charge in [-0.1, -0.05) is 35.9 Å². The highest BCUT2D eigenvalue weighted by atomic mass is 35.5. The minimum Gasteiger partial charge on any atom is -0.481 e. The number of hydrogen-bond donors (Lipinski definition) is 0. The summed E-state index contributed by atoms with van der Waals surface area (Å²) in [7, 11) is 0. The van der Waals surface area contributed by atoms with Crippen LogP contribution in [0.1, 0.15) is 17.5 Å². The molecule has 4 unspecified atom stereocenters. The third-order valence-electron chi connectivity index (χ3n) is 6.28. The summed E-state index contributed by atoms with van der Waals surface area (Å²) in [5, 5.41) is 16.4. The molecule has 3 aliphatic rings. The maximum absolute atomic E-state index is 13.4. The Kier molecular flexibility index (Phi) is 5.20. The molecule has 1 saturated heterocycles. The first-order chi connectivity index (χ1) is 15.8. The second-order valence-corrected chi connectivity index (χ2v) is 8.67. The van der Waals surface area contributed by atoms with E-state index in [0.29, 0.717) is 5.56 Å². The van der Waals surface area contributed by atoms with Crippen molar-refractivity contribution in [3.8, 4) is 5.75 Å². The predicted octanol–water partition coefficient (Wildman–Crippen LogP) is 4.11. The Labute approximate surface area is 192 Å². The van der Waals surface area contributed by atoms with Crippen LogP contribution in [0.3, 0.4) is 0 Å². The summed E-state index contributed by atoms with van der Waals surface area (Å²) in [6.07, 6.45) is 5.97. The largest absolute Gasteiger partial charge is 0.481 e. The Bertz CT molecular complexity index is 1220. The number of hydrazone groups is 1. The van der Waals surface area contributed by atoms with E-state index in [1.807, 2.05) is 12.2 Å². The number of carbonyl (C=O) groups excluding carboxylic acids is 2. The zero-order valence-electron chi connectivity index (χ0n) is 17.1. The summed E-state index contributed by atoms with van der Waals surface area (Å²) >= 11 is 6.23. The number of carbonyl (C=O) groups is 2. The van der Waals surface area contributed by atoms with Crippen molar-refractivity contribution < 1.29 is 23.6 Å². The number of fused-ring (bicyclic) bond motifs is 5. The highest BCUT2D eigenvalue weighted by Crippen LogP contribution is 2.52. The normalized spacial score (nSPS) is 25.3. The Hall–Kier alpha value is -3.59. The molecule has 0 radical (unpaired) electrons. The smallest absolute Gasteiger partial charge is 0.313 e. The average Bonchev–Trinajstić information content (AvgIpc) is 3.45. The van der Waals surface area contributed by atoms with Crippen molar-refractivity contribution in [3.63, 3.8) is 0 Å². The third kappa shape index (κ3) is 3.68. The minimum absolute atomic E-state index is 0.0553. The van der Waals surface area contributed by atoms with Crippen molar-refractivity contribution in [2.24, 2.45) is 28.8 Å². The quantitative estimate of drug-likeness (QED) is 0.208. The molecule has 1 saturated carbocycles. The van der Waals surface area contributed by atoms with E-state index in [1.54, 1.807) is 6.07 Å². The maximum atomic E-state index is 13.4. The first-order valence-corrected chi connectivity index (χ1v) is 10.7. The molecule has 33 heavy (non-hydrogen) atoms. The Morgan fingerprint density at radius 1 is 1.18 bits per heavy atom. The number of benzene rings is 2. The summed E-state index contributed by atoms with van der Waals surface area (Å²) < 4.78 is 18.9. The summed E-state index contributed by atoms with van der Waals surface area (Å²) in [5.41, 5.74) is 0.285. The molecule has 5 rings (SSSR count). The van der Waals surface area contributed by atoms with Crippen LogP contribution in [0.25, 0.3) is 0 Å². The molecule has 2 aromatic rings. The van der Waals surface area contributed by atoms with Crippen LogP contribution in [0.15, 0.2) is 53.7 Å². The van der Waals surface area contributed by atoms with Crippen LogP contribution >= 0.6 is 11.6 Å². The maximum Gasteiger partial charge on any atom is 0.313 e. The van der Waals surface area contributed by atoms with Crippen molar-refractivity contribution in [2.75, 3.05) is 0 Å². The van der Waals surface area contributed by atoms with Gasteiger partial charge in [-0.15, -0.1) is 0 Å². The Morgan fingerprint density at radius 2 is 1.88 bits per heavy atom. The lowest BCUT2D eigenvalue weighted by molar-refractivity contribution is -0.385. The first kappa shape index (κ1) is 21.3. The molecule has 10 heteroatoms. The number of nitro benzene ring substituents is 1. The van der Waals surface area contributed by atoms with E-state index in [4.69, 9.17) is 16.3 Å². The highest BCUT2D eigenvalue weighted by Gasteiger charge is 2.59. The van der Waals surface area contributed by atoms with Gasteiger partial charge in [-0.2, -0.15) is 10.1 Å². The van der Waals surface area contributed by atoms with Gasteiger partial charge in [-0.25, -0.2) is 4.39 Å². The van der Waals surface area contributed by atoms with Gasteiger partial charge >= 0.3 is 5.69 Å². The monoisotopic (exact) mass is 469 g/mol. The molecular formula is C23H17ClFN3O5. The molecule has 2 bridgehead atoms. The summed E-state index contributed by atoms with van der Waals surface area (Å²) in [4.78, 5) is 36.4. The molecule has 1 aliphatic heterocycles. The van der Waals surface area contributed by atoms with Crippen molar-refractivity contribution in [1.82, 2.24) is 5.01 Å². The number of allylic oxidation sites excluding steroid dienone is 2. The van der Waals surface area contributed by atoms with E-state index in [0.717, 1.165) is 11.4 Å². The van der Waals surface area contributed by atoms with Crippen LogP contribution in [0.5, 0.6) is 5.75 Å². The number of nitrogens with zero attached hydrogens (tertiary/aromatic N) is 3. The number of hydrogen-bond acceptors (Lipinski definition) is 6. The highest BCUT2D eigenvalue weighted by molar-refractivity contribution is 6.32. The lowest BCUT2D eigenvalue weighted by Crippen LogP contribution is -2.28. The van der Waals surface area contributed by atoms with Gasteiger partial charge in [0.1, 0.15) is 12.4 Å². The average molecular weight is 470 g/mol. The van der Waals surface area contributed by atoms with Crippen molar-refractivity contribution in [1.29, 1.82) is 0 Å². The van der Waals surface area contributed by atoms with Gasteiger partial charge < -0.3 is 4.74 Å². The zero-order valence-corrected chi connectivity index (χ0v) is 17.8. The molecule has 2 aliphatic carbocycles. The van der Waals surface area contributed by atoms with Gasteiger partial charge in [0.2, 0.25) is 5.75 Å². The van der Waals surface area contributed by atoms with Crippen LogP contribution in [0.2, 0.25) is 5.02 Å². The fraction of sp³-hybridized carbons (Fsp3) is 0.261. The van der Waals surface area contributed by atoms with Crippen molar-refractivity contribution in [2.45, 2.75) is 13.0 Å². The van der Waals surface area contributed by atoms with Gasteiger partial charge in [0, 0.05) is 11.6 Å². The molecule has 168 valence electrons. The minimum atomic E-state index is -0.663.